The van der Waals surface area contributed by atoms with E-state index in [1.54, 1.807) is 0 Å². The maximum absolute atomic E-state index is 5.98. The number of ether oxygens (including phenoxy) is 1. The second-order valence-corrected chi connectivity index (χ2v) is 8.44. The van der Waals surface area contributed by atoms with E-state index in [2.05, 4.69) is 46.4 Å². The Hall–Kier alpha value is -2.14. The van der Waals surface area contributed by atoms with Crippen LogP contribution in [-0.2, 0) is 19.3 Å². The Bertz CT molecular complexity index is 846. The summed E-state index contributed by atoms with van der Waals surface area (Å²) in [7, 11) is 0. The van der Waals surface area contributed by atoms with Gasteiger partial charge in [0, 0.05) is 36.4 Å². The predicted octanol–water partition coefficient (Wildman–Crippen LogP) is 3.23. The van der Waals surface area contributed by atoms with Crippen LogP contribution in [0.25, 0.3) is 0 Å². The highest BCUT2D eigenvalue weighted by Gasteiger charge is 2.30. The zero-order chi connectivity index (χ0) is 18.9. The van der Waals surface area contributed by atoms with Crippen molar-refractivity contribution in [2.24, 2.45) is 0 Å². The highest BCUT2D eigenvalue weighted by Crippen LogP contribution is 2.34. The molecule has 0 amide bonds. The van der Waals surface area contributed by atoms with E-state index in [0.29, 0.717) is 24.7 Å². The van der Waals surface area contributed by atoms with Gasteiger partial charge in [0.15, 0.2) is 0 Å². The van der Waals surface area contributed by atoms with Gasteiger partial charge in [0.1, 0.15) is 6.61 Å². The summed E-state index contributed by atoms with van der Waals surface area (Å²) < 4.78 is 5.98. The Kier molecular flexibility index (Phi) is 4.93. The minimum absolute atomic E-state index is 0.442. The van der Waals surface area contributed by atoms with Crippen LogP contribution >= 0.6 is 0 Å². The van der Waals surface area contributed by atoms with E-state index in [4.69, 9.17) is 9.72 Å². The maximum atomic E-state index is 5.98. The molecule has 28 heavy (non-hydrogen) atoms. The van der Waals surface area contributed by atoms with Gasteiger partial charge < -0.3 is 15.0 Å². The third-order valence-corrected chi connectivity index (χ3v) is 6.60. The molecule has 5 nitrogen and oxygen atoms in total. The molecule has 2 aliphatic heterocycles. The molecule has 3 aliphatic rings. The summed E-state index contributed by atoms with van der Waals surface area (Å²) in [6, 6.07) is 10.4. The Labute approximate surface area is 167 Å². The predicted molar refractivity (Wildman–Crippen MR) is 111 cm³/mol. The number of aryl methyl sites for hydroxylation is 2. The largest absolute Gasteiger partial charge is 0.462 e. The number of nitrogens with one attached hydrogen (secondary N) is 1. The molecule has 2 atom stereocenters. The molecule has 1 fully saturated rings. The average molecular weight is 379 g/mol. The topological polar surface area (TPSA) is 50.3 Å². The van der Waals surface area contributed by atoms with Crippen molar-refractivity contribution in [3.63, 3.8) is 0 Å². The smallest absolute Gasteiger partial charge is 0.316 e. The normalized spacial score (nSPS) is 24.0. The molecular formula is C23H30N4O. The van der Waals surface area contributed by atoms with Crippen molar-refractivity contribution in [1.82, 2.24) is 15.3 Å². The molecule has 5 rings (SSSR count). The van der Waals surface area contributed by atoms with Crippen molar-refractivity contribution in [2.75, 3.05) is 24.6 Å². The summed E-state index contributed by atoms with van der Waals surface area (Å²) in [6.45, 7) is 5.02. The standard InChI is InChI=1S/C23H30N4O/c1-16-20-11-10-19(27-13-5-7-17-6-2-3-9-22(17)27)14-21(20)26-23(25-16)28-15-18-8-4-12-24-18/h2-3,6,9,18-19,24H,4-5,7-8,10-15H2,1H3/t18-,19-/m0/s1. The SMILES string of the molecule is Cc1nc(OC[C@@H]2CCCN2)nc2c1CC[C@H](N1CCCc3ccccc31)C2. The first-order valence-corrected chi connectivity index (χ1v) is 10.8. The molecule has 1 aliphatic carbocycles. The van der Waals surface area contributed by atoms with E-state index in [0.717, 1.165) is 31.6 Å². The Morgan fingerprint density at radius 2 is 2.07 bits per heavy atom. The first kappa shape index (κ1) is 17.9. The minimum Gasteiger partial charge on any atom is -0.462 e. The number of nitrogens with zero attached hydrogens (tertiary/aromatic N) is 3. The van der Waals surface area contributed by atoms with Crippen molar-refractivity contribution < 1.29 is 4.74 Å². The number of hydrogen-bond donors (Lipinski definition) is 1. The van der Waals surface area contributed by atoms with E-state index in [-0.39, 0.29) is 0 Å². The summed E-state index contributed by atoms with van der Waals surface area (Å²) in [5.74, 6) is 0. The van der Waals surface area contributed by atoms with Crippen LogP contribution < -0.4 is 15.0 Å². The molecule has 3 heterocycles. The second kappa shape index (κ2) is 7.70. The molecule has 0 spiro atoms. The van der Waals surface area contributed by atoms with Crippen LogP contribution in [0.2, 0.25) is 0 Å². The highest BCUT2D eigenvalue weighted by molar-refractivity contribution is 5.56. The maximum Gasteiger partial charge on any atom is 0.316 e. The van der Waals surface area contributed by atoms with E-state index >= 15 is 0 Å². The van der Waals surface area contributed by atoms with Gasteiger partial charge in [-0.05, 0) is 69.2 Å². The van der Waals surface area contributed by atoms with Gasteiger partial charge in [-0.15, -0.1) is 0 Å². The van der Waals surface area contributed by atoms with Gasteiger partial charge >= 0.3 is 6.01 Å². The fourth-order valence-corrected chi connectivity index (χ4v) is 5.10. The summed E-state index contributed by atoms with van der Waals surface area (Å²) >= 11 is 0. The Morgan fingerprint density at radius 1 is 1.14 bits per heavy atom. The lowest BCUT2D eigenvalue weighted by atomic mass is 9.88. The number of anilines is 1. The highest BCUT2D eigenvalue weighted by atomic mass is 16.5. The van der Waals surface area contributed by atoms with Crippen molar-refractivity contribution in [3.8, 4) is 6.01 Å². The minimum atomic E-state index is 0.442. The molecule has 1 N–H and O–H groups in total. The van der Waals surface area contributed by atoms with Crippen molar-refractivity contribution in [3.05, 3.63) is 46.8 Å². The molecule has 0 radical (unpaired) electrons. The number of benzene rings is 1. The van der Waals surface area contributed by atoms with E-state index in [1.807, 2.05) is 0 Å². The fourth-order valence-electron chi connectivity index (χ4n) is 5.10. The summed E-state index contributed by atoms with van der Waals surface area (Å²) in [5.41, 5.74) is 6.55. The molecule has 148 valence electrons. The van der Waals surface area contributed by atoms with Crippen LogP contribution in [0.15, 0.2) is 24.3 Å². The summed E-state index contributed by atoms with van der Waals surface area (Å²) in [6.07, 6.45) is 8.09. The third kappa shape index (κ3) is 3.48. The number of aromatic nitrogens is 2. The lowest BCUT2D eigenvalue weighted by molar-refractivity contribution is 0.255. The molecule has 1 aromatic carbocycles. The monoisotopic (exact) mass is 378 g/mol. The molecule has 2 aromatic rings. The van der Waals surface area contributed by atoms with Crippen molar-refractivity contribution >= 4 is 5.69 Å². The zero-order valence-corrected chi connectivity index (χ0v) is 16.8. The van der Waals surface area contributed by atoms with Crippen LogP contribution in [0.4, 0.5) is 5.69 Å². The average Bonchev–Trinajstić information content (AvgIpc) is 3.25. The third-order valence-electron chi connectivity index (χ3n) is 6.60. The van der Waals surface area contributed by atoms with Crippen LogP contribution in [0.3, 0.4) is 0 Å². The van der Waals surface area contributed by atoms with Gasteiger partial charge in [0.05, 0.1) is 5.69 Å². The van der Waals surface area contributed by atoms with Crippen LogP contribution in [0.1, 0.15) is 48.2 Å². The number of rotatable bonds is 4. The van der Waals surface area contributed by atoms with Gasteiger partial charge in [-0.3, -0.25) is 0 Å². The lowest BCUT2D eigenvalue weighted by Gasteiger charge is -2.40. The Balaban J connectivity index is 1.35. The summed E-state index contributed by atoms with van der Waals surface area (Å²) in [5, 5.41) is 3.48. The second-order valence-electron chi connectivity index (χ2n) is 8.44. The van der Waals surface area contributed by atoms with Gasteiger partial charge in [-0.25, -0.2) is 4.98 Å². The molecule has 0 saturated carbocycles. The molecular weight excluding hydrogens is 348 g/mol. The summed E-state index contributed by atoms with van der Waals surface area (Å²) in [4.78, 5) is 12.1. The van der Waals surface area contributed by atoms with E-state index in [9.17, 15) is 0 Å². The van der Waals surface area contributed by atoms with Gasteiger partial charge in [0.2, 0.25) is 0 Å². The fraction of sp³-hybridized carbons (Fsp3) is 0.565. The molecule has 5 heteroatoms. The van der Waals surface area contributed by atoms with Crippen LogP contribution in [0, 0.1) is 6.92 Å². The van der Waals surface area contributed by atoms with E-state index < -0.39 is 0 Å². The van der Waals surface area contributed by atoms with Gasteiger partial charge in [-0.2, -0.15) is 4.98 Å². The van der Waals surface area contributed by atoms with Crippen molar-refractivity contribution in [1.29, 1.82) is 0 Å². The molecule has 0 bridgehead atoms. The first-order chi connectivity index (χ1) is 13.8. The number of hydrogen-bond acceptors (Lipinski definition) is 5. The quantitative estimate of drug-likeness (QED) is 0.885. The molecule has 0 unspecified atom stereocenters. The van der Waals surface area contributed by atoms with Crippen molar-refractivity contribution in [2.45, 2.75) is 64.0 Å². The van der Waals surface area contributed by atoms with Crippen LogP contribution in [-0.4, -0.2) is 41.7 Å². The van der Waals surface area contributed by atoms with Gasteiger partial charge in [-0.1, -0.05) is 18.2 Å². The molecule has 1 aromatic heterocycles. The first-order valence-electron chi connectivity index (χ1n) is 10.8. The molecule has 1 saturated heterocycles. The number of para-hydroxylation sites is 1. The zero-order valence-electron chi connectivity index (χ0n) is 16.8. The van der Waals surface area contributed by atoms with E-state index in [1.165, 1.54) is 54.6 Å². The van der Waals surface area contributed by atoms with Gasteiger partial charge in [0.25, 0.3) is 0 Å². The Morgan fingerprint density at radius 3 is 2.96 bits per heavy atom. The van der Waals surface area contributed by atoms with Crippen LogP contribution in [0.5, 0.6) is 6.01 Å². The lowest BCUT2D eigenvalue weighted by Crippen LogP contribution is -2.42. The number of fused-ring (bicyclic) bond motifs is 2.